The molecule has 1 unspecified atom stereocenters. The molecular formula is C11H13F2NO. The van der Waals surface area contributed by atoms with Gasteiger partial charge in [-0.05, 0) is 37.2 Å². The molecule has 1 fully saturated rings. The SMILES string of the molecule is Oc1ccc(C(F)(F)C2CCNC2)cc1. The van der Waals surface area contributed by atoms with Gasteiger partial charge in [0.1, 0.15) is 5.75 Å². The minimum absolute atomic E-state index is 0.0131. The van der Waals surface area contributed by atoms with E-state index in [9.17, 15) is 8.78 Å². The summed E-state index contributed by atoms with van der Waals surface area (Å²) in [7, 11) is 0. The third-order valence-electron chi connectivity index (χ3n) is 2.83. The number of nitrogens with one attached hydrogen (secondary N) is 1. The van der Waals surface area contributed by atoms with Gasteiger partial charge < -0.3 is 10.4 Å². The summed E-state index contributed by atoms with van der Waals surface area (Å²) < 4.78 is 27.7. The van der Waals surface area contributed by atoms with Gasteiger partial charge in [0.25, 0.3) is 5.92 Å². The molecule has 0 saturated carbocycles. The second-order valence-electron chi connectivity index (χ2n) is 3.86. The largest absolute Gasteiger partial charge is 0.508 e. The summed E-state index contributed by atoms with van der Waals surface area (Å²) in [4.78, 5) is 0. The highest BCUT2D eigenvalue weighted by atomic mass is 19.3. The Labute approximate surface area is 86.9 Å². The third-order valence-corrected chi connectivity index (χ3v) is 2.83. The number of alkyl halides is 2. The number of hydrogen-bond acceptors (Lipinski definition) is 2. The number of rotatable bonds is 2. The van der Waals surface area contributed by atoms with Crippen LogP contribution in [0.25, 0.3) is 0 Å². The maximum atomic E-state index is 13.9. The second-order valence-corrected chi connectivity index (χ2v) is 3.86. The first-order valence-corrected chi connectivity index (χ1v) is 4.99. The summed E-state index contributed by atoms with van der Waals surface area (Å²) in [5.41, 5.74) is -0.0194. The van der Waals surface area contributed by atoms with Gasteiger partial charge in [0.05, 0.1) is 0 Å². The normalized spacial score (nSPS) is 21.9. The Balaban J connectivity index is 2.23. The fraction of sp³-hybridized carbons (Fsp3) is 0.455. The van der Waals surface area contributed by atoms with E-state index in [0.29, 0.717) is 19.5 Å². The Hall–Kier alpha value is -1.16. The standard InChI is InChI=1S/C11H13F2NO/c12-11(13,9-5-6-14-7-9)8-1-3-10(15)4-2-8/h1-4,9,14-15H,5-7H2. The number of phenolic OH excluding ortho intramolecular Hbond substituents is 1. The molecule has 0 aromatic heterocycles. The molecule has 0 amide bonds. The van der Waals surface area contributed by atoms with Crippen LogP contribution in [0.3, 0.4) is 0 Å². The molecular weight excluding hydrogens is 200 g/mol. The summed E-state index contributed by atoms with van der Waals surface area (Å²) in [6.45, 7) is 1.01. The number of halogens is 2. The highest BCUT2D eigenvalue weighted by Gasteiger charge is 2.42. The van der Waals surface area contributed by atoms with Gasteiger partial charge in [-0.1, -0.05) is 0 Å². The highest BCUT2D eigenvalue weighted by molar-refractivity contribution is 5.29. The Morgan fingerprint density at radius 2 is 1.93 bits per heavy atom. The van der Waals surface area contributed by atoms with E-state index >= 15 is 0 Å². The van der Waals surface area contributed by atoms with E-state index in [-0.39, 0.29) is 11.3 Å². The van der Waals surface area contributed by atoms with Gasteiger partial charge in [0.15, 0.2) is 0 Å². The molecule has 15 heavy (non-hydrogen) atoms. The highest BCUT2D eigenvalue weighted by Crippen LogP contribution is 2.39. The van der Waals surface area contributed by atoms with Crippen molar-refractivity contribution in [2.75, 3.05) is 13.1 Å². The van der Waals surface area contributed by atoms with Gasteiger partial charge in [-0.25, -0.2) is 8.78 Å². The van der Waals surface area contributed by atoms with E-state index in [1.807, 2.05) is 0 Å². The Morgan fingerprint density at radius 1 is 1.27 bits per heavy atom. The first-order chi connectivity index (χ1) is 7.10. The van der Waals surface area contributed by atoms with Crippen molar-refractivity contribution >= 4 is 0 Å². The summed E-state index contributed by atoms with van der Waals surface area (Å²) >= 11 is 0. The zero-order valence-electron chi connectivity index (χ0n) is 8.21. The van der Waals surface area contributed by atoms with Crippen LogP contribution in [0.1, 0.15) is 12.0 Å². The lowest BCUT2D eigenvalue weighted by molar-refractivity contribution is -0.0575. The molecule has 0 spiro atoms. The fourth-order valence-corrected chi connectivity index (χ4v) is 1.88. The van der Waals surface area contributed by atoms with Crippen LogP contribution in [0.5, 0.6) is 5.75 Å². The lowest BCUT2D eigenvalue weighted by Crippen LogP contribution is -2.27. The second kappa shape index (κ2) is 3.77. The van der Waals surface area contributed by atoms with E-state index in [1.165, 1.54) is 24.3 Å². The Morgan fingerprint density at radius 3 is 2.47 bits per heavy atom. The molecule has 0 radical (unpaired) electrons. The van der Waals surface area contributed by atoms with Crippen LogP contribution in [-0.2, 0) is 5.92 Å². The van der Waals surface area contributed by atoms with Gasteiger partial charge in [-0.15, -0.1) is 0 Å². The third kappa shape index (κ3) is 1.95. The number of aromatic hydroxyl groups is 1. The van der Waals surface area contributed by atoms with Crippen molar-refractivity contribution in [3.63, 3.8) is 0 Å². The molecule has 4 heteroatoms. The van der Waals surface area contributed by atoms with Crippen molar-refractivity contribution in [3.05, 3.63) is 29.8 Å². The molecule has 1 atom stereocenters. The Kier molecular flexibility index (Phi) is 2.61. The van der Waals surface area contributed by atoms with Gasteiger partial charge in [-0.3, -0.25) is 0 Å². The van der Waals surface area contributed by atoms with E-state index in [2.05, 4.69) is 5.32 Å². The van der Waals surface area contributed by atoms with Gasteiger partial charge >= 0.3 is 0 Å². The number of benzene rings is 1. The van der Waals surface area contributed by atoms with Gasteiger partial charge in [0.2, 0.25) is 0 Å². The van der Waals surface area contributed by atoms with Crippen LogP contribution >= 0.6 is 0 Å². The summed E-state index contributed by atoms with van der Waals surface area (Å²) in [6, 6.07) is 5.17. The van der Waals surface area contributed by atoms with Crippen LogP contribution in [-0.4, -0.2) is 18.2 Å². The first kappa shape index (κ1) is 10.4. The summed E-state index contributed by atoms with van der Waals surface area (Å²) in [5.74, 6) is -3.43. The van der Waals surface area contributed by atoms with Crippen molar-refractivity contribution in [2.45, 2.75) is 12.3 Å². The van der Waals surface area contributed by atoms with Crippen molar-refractivity contribution in [1.82, 2.24) is 5.32 Å². The molecule has 82 valence electrons. The van der Waals surface area contributed by atoms with Crippen LogP contribution < -0.4 is 5.32 Å². The van der Waals surface area contributed by atoms with E-state index in [4.69, 9.17) is 5.11 Å². The van der Waals surface area contributed by atoms with Gasteiger partial charge in [0, 0.05) is 18.0 Å². The minimum atomic E-state index is -2.81. The summed E-state index contributed by atoms with van der Waals surface area (Å²) in [6.07, 6.45) is 0.494. The molecule has 1 saturated heterocycles. The molecule has 1 heterocycles. The molecule has 2 rings (SSSR count). The Bertz CT molecular complexity index is 331. The molecule has 1 aliphatic heterocycles. The maximum Gasteiger partial charge on any atom is 0.277 e. The molecule has 0 bridgehead atoms. The molecule has 1 aliphatic rings. The lowest BCUT2D eigenvalue weighted by atomic mass is 9.94. The van der Waals surface area contributed by atoms with E-state index in [0.717, 1.165) is 0 Å². The van der Waals surface area contributed by atoms with Crippen LogP contribution in [0.2, 0.25) is 0 Å². The summed E-state index contributed by atoms with van der Waals surface area (Å²) in [5, 5.41) is 12.0. The molecule has 0 aliphatic carbocycles. The van der Waals surface area contributed by atoms with Crippen molar-refractivity contribution < 1.29 is 13.9 Å². The van der Waals surface area contributed by atoms with Gasteiger partial charge in [-0.2, -0.15) is 0 Å². The van der Waals surface area contributed by atoms with Crippen molar-refractivity contribution in [3.8, 4) is 5.75 Å². The quantitative estimate of drug-likeness (QED) is 0.788. The average molecular weight is 213 g/mol. The van der Waals surface area contributed by atoms with Crippen LogP contribution in [0.4, 0.5) is 8.78 Å². The molecule has 2 nitrogen and oxygen atoms in total. The minimum Gasteiger partial charge on any atom is -0.508 e. The first-order valence-electron chi connectivity index (χ1n) is 4.99. The van der Waals surface area contributed by atoms with E-state index in [1.54, 1.807) is 0 Å². The maximum absolute atomic E-state index is 13.9. The van der Waals surface area contributed by atoms with Crippen LogP contribution in [0.15, 0.2) is 24.3 Å². The molecule has 1 aromatic rings. The average Bonchev–Trinajstić information content (AvgIpc) is 2.71. The van der Waals surface area contributed by atoms with Crippen LogP contribution in [0, 0.1) is 5.92 Å². The predicted octanol–water partition coefficient (Wildman–Crippen LogP) is 2.09. The van der Waals surface area contributed by atoms with E-state index < -0.39 is 11.8 Å². The topological polar surface area (TPSA) is 32.3 Å². The van der Waals surface area contributed by atoms with Crippen molar-refractivity contribution in [2.24, 2.45) is 5.92 Å². The lowest BCUT2D eigenvalue weighted by Gasteiger charge is -2.22. The zero-order chi connectivity index (χ0) is 10.9. The monoisotopic (exact) mass is 213 g/mol. The number of phenols is 1. The smallest absolute Gasteiger partial charge is 0.277 e. The zero-order valence-corrected chi connectivity index (χ0v) is 8.21. The molecule has 1 aromatic carbocycles. The predicted molar refractivity (Wildman–Crippen MR) is 53.0 cm³/mol. The van der Waals surface area contributed by atoms with Crippen molar-refractivity contribution in [1.29, 1.82) is 0 Å². The fourth-order valence-electron chi connectivity index (χ4n) is 1.88. The number of hydrogen-bond donors (Lipinski definition) is 2. The molecule has 2 N–H and O–H groups in total.